The Balaban J connectivity index is 2.84. The third-order valence-electron chi connectivity index (χ3n) is 2.95. The molecule has 1 saturated heterocycles. The van der Waals surface area contributed by atoms with Crippen LogP contribution >= 0.6 is 0 Å². The van der Waals surface area contributed by atoms with Crippen molar-refractivity contribution in [2.45, 2.75) is 58.0 Å². The van der Waals surface area contributed by atoms with Crippen LogP contribution in [0.15, 0.2) is 0 Å². The third-order valence-corrected chi connectivity index (χ3v) is 4.92. The number of hydrogen-bond donors (Lipinski definition) is 1. The molecule has 0 aliphatic carbocycles. The number of nitrogens with zero attached hydrogens (tertiary/aromatic N) is 1. The Morgan fingerprint density at radius 2 is 2.00 bits per heavy atom. The summed E-state index contributed by atoms with van der Waals surface area (Å²) in [7, 11) is -2.25. The molecule has 0 saturated carbocycles. The average Bonchev–Trinajstić information content (AvgIpc) is 2.26. The van der Waals surface area contributed by atoms with Crippen molar-refractivity contribution in [3.05, 3.63) is 0 Å². The maximum atomic E-state index is 12.3. The zero-order chi connectivity index (χ0) is 14.7. The Morgan fingerprint density at radius 1 is 1.37 bits per heavy atom. The highest BCUT2D eigenvalue weighted by Gasteiger charge is 2.35. The van der Waals surface area contributed by atoms with Crippen LogP contribution in [0.5, 0.6) is 0 Å². The van der Waals surface area contributed by atoms with Gasteiger partial charge < -0.3 is 4.74 Å². The first kappa shape index (κ1) is 16.4. The SMILES string of the molecule is COC(=O)CC1CCCCN1S(=O)(=O)NC(C)(C)C. The molecule has 1 N–H and O–H groups in total. The normalized spacial score (nSPS) is 22.2. The number of ether oxygens (including phenoxy) is 1. The van der Waals surface area contributed by atoms with Gasteiger partial charge in [-0.05, 0) is 33.6 Å². The van der Waals surface area contributed by atoms with E-state index >= 15 is 0 Å². The van der Waals surface area contributed by atoms with Crippen molar-refractivity contribution in [3.63, 3.8) is 0 Å². The van der Waals surface area contributed by atoms with Crippen LogP contribution in [0, 0.1) is 0 Å². The van der Waals surface area contributed by atoms with Crippen LogP contribution in [0.1, 0.15) is 46.5 Å². The van der Waals surface area contributed by atoms with Crippen molar-refractivity contribution in [2.75, 3.05) is 13.7 Å². The van der Waals surface area contributed by atoms with E-state index in [2.05, 4.69) is 9.46 Å². The van der Waals surface area contributed by atoms with Gasteiger partial charge in [0, 0.05) is 18.1 Å². The minimum Gasteiger partial charge on any atom is -0.469 e. The lowest BCUT2D eigenvalue weighted by atomic mass is 10.0. The predicted octanol–water partition coefficient (Wildman–Crippen LogP) is 1.04. The van der Waals surface area contributed by atoms with E-state index in [9.17, 15) is 13.2 Å². The van der Waals surface area contributed by atoms with Gasteiger partial charge in [0.2, 0.25) is 0 Å². The molecule has 0 spiro atoms. The molecule has 0 aromatic carbocycles. The van der Waals surface area contributed by atoms with Gasteiger partial charge in [0.15, 0.2) is 0 Å². The van der Waals surface area contributed by atoms with Crippen molar-refractivity contribution in [1.82, 2.24) is 9.03 Å². The van der Waals surface area contributed by atoms with Crippen LogP contribution in [-0.2, 0) is 19.7 Å². The van der Waals surface area contributed by atoms with Crippen LogP contribution < -0.4 is 4.72 Å². The fraction of sp³-hybridized carbons (Fsp3) is 0.917. The Morgan fingerprint density at radius 3 is 2.53 bits per heavy atom. The molecule has 1 aliphatic rings. The molecule has 1 unspecified atom stereocenters. The molecular weight excluding hydrogens is 268 g/mol. The first-order valence-corrected chi connectivity index (χ1v) is 7.97. The molecule has 1 aliphatic heterocycles. The van der Waals surface area contributed by atoms with E-state index in [1.54, 1.807) is 20.8 Å². The standard InChI is InChI=1S/C12H24N2O4S/c1-12(2,3)13-19(16,17)14-8-6-5-7-10(14)9-11(15)18-4/h10,13H,5-9H2,1-4H3. The van der Waals surface area contributed by atoms with Crippen LogP contribution in [0.2, 0.25) is 0 Å². The van der Waals surface area contributed by atoms with Crippen molar-refractivity contribution in [1.29, 1.82) is 0 Å². The summed E-state index contributed by atoms with van der Waals surface area (Å²) < 4.78 is 33.4. The monoisotopic (exact) mass is 292 g/mol. The molecule has 0 radical (unpaired) electrons. The number of methoxy groups -OCH3 is 1. The second-order valence-electron chi connectivity index (χ2n) is 5.90. The van der Waals surface area contributed by atoms with Crippen LogP contribution in [0.25, 0.3) is 0 Å². The van der Waals surface area contributed by atoms with Gasteiger partial charge in [0.25, 0.3) is 10.2 Å². The molecule has 1 rings (SSSR count). The van der Waals surface area contributed by atoms with Crippen molar-refractivity contribution in [3.8, 4) is 0 Å². The number of carbonyl (C=O) groups is 1. The Labute approximate surface area is 115 Å². The topological polar surface area (TPSA) is 75.7 Å². The number of carbonyl (C=O) groups excluding carboxylic acids is 1. The first-order valence-electron chi connectivity index (χ1n) is 6.53. The Kier molecular flexibility index (Phi) is 5.34. The number of piperidine rings is 1. The fourth-order valence-electron chi connectivity index (χ4n) is 2.22. The summed E-state index contributed by atoms with van der Waals surface area (Å²) in [5.41, 5.74) is -0.536. The summed E-state index contributed by atoms with van der Waals surface area (Å²) in [6, 6.07) is -0.305. The molecule has 112 valence electrons. The minimum absolute atomic E-state index is 0.113. The van der Waals surface area contributed by atoms with Gasteiger partial charge in [-0.1, -0.05) is 6.42 Å². The van der Waals surface area contributed by atoms with Crippen LogP contribution in [0.3, 0.4) is 0 Å². The van der Waals surface area contributed by atoms with Crippen LogP contribution in [0.4, 0.5) is 0 Å². The second-order valence-corrected chi connectivity index (χ2v) is 7.52. The van der Waals surface area contributed by atoms with Gasteiger partial charge in [-0.3, -0.25) is 4.79 Å². The summed E-state index contributed by atoms with van der Waals surface area (Å²) >= 11 is 0. The Bertz CT molecular complexity index is 414. The van der Waals surface area contributed by atoms with E-state index in [-0.39, 0.29) is 18.4 Å². The van der Waals surface area contributed by atoms with Gasteiger partial charge in [-0.25, -0.2) is 0 Å². The quantitative estimate of drug-likeness (QED) is 0.785. The summed E-state index contributed by atoms with van der Waals surface area (Å²) in [5.74, 6) is -0.372. The lowest BCUT2D eigenvalue weighted by Gasteiger charge is -2.36. The summed E-state index contributed by atoms with van der Waals surface area (Å²) in [6.07, 6.45) is 2.56. The van der Waals surface area contributed by atoms with E-state index in [0.717, 1.165) is 12.8 Å². The molecule has 1 atom stereocenters. The highest BCUT2D eigenvalue weighted by molar-refractivity contribution is 7.87. The van der Waals surface area contributed by atoms with Crippen molar-refractivity contribution >= 4 is 16.2 Å². The lowest BCUT2D eigenvalue weighted by Crippen LogP contribution is -2.54. The smallest absolute Gasteiger partial charge is 0.307 e. The van der Waals surface area contributed by atoms with E-state index in [4.69, 9.17) is 0 Å². The fourth-order valence-corrected chi connectivity index (χ4v) is 4.05. The highest BCUT2D eigenvalue weighted by Crippen LogP contribution is 2.23. The van der Waals surface area contributed by atoms with Gasteiger partial charge in [-0.2, -0.15) is 17.4 Å². The molecule has 1 heterocycles. The maximum absolute atomic E-state index is 12.3. The van der Waals surface area contributed by atoms with Gasteiger partial charge in [0.05, 0.1) is 13.5 Å². The second kappa shape index (κ2) is 6.19. The number of esters is 1. The summed E-state index contributed by atoms with van der Waals surface area (Å²) in [4.78, 5) is 11.4. The predicted molar refractivity (Wildman–Crippen MR) is 72.8 cm³/mol. The van der Waals surface area contributed by atoms with Crippen molar-refractivity contribution < 1.29 is 17.9 Å². The maximum Gasteiger partial charge on any atom is 0.307 e. The zero-order valence-corrected chi connectivity index (χ0v) is 12.9. The summed E-state index contributed by atoms with van der Waals surface area (Å²) in [6.45, 7) is 5.84. The minimum atomic E-state index is -3.57. The number of rotatable bonds is 4. The molecule has 19 heavy (non-hydrogen) atoms. The van der Waals surface area contributed by atoms with E-state index in [1.165, 1.54) is 11.4 Å². The van der Waals surface area contributed by atoms with Crippen LogP contribution in [-0.4, -0.2) is 43.9 Å². The Hall–Kier alpha value is -0.660. The highest BCUT2D eigenvalue weighted by atomic mass is 32.2. The van der Waals surface area contributed by atoms with Gasteiger partial charge in [-0.15, -0.1) is 0 Å². The number of nitrogens with one attached hydrogen (secondary N) is 1. The molecule has 6 nitrogen and oxygen atoms in total. The third kappa shape index (κ3) is 5.08. The molecule has 7 heteroatoms. The largest absolute Gasteiger partial charge is 0.469 e. The molecule has 1 fully saturated rings. The van der Waals surface area contributed by atoms with E-state index in [1.807, 2.05) is 0 Å². The zero-order valence-electron chi connectivity index (χ0n) is 12.1. The van der Waals surface area contributed by atoms with Crippen molar-refractivity contribution in [2.24, 2.45) is 0 Å². The molecular formula is C12H24N2O4S. The van der Waals surface area contributed by atoms with E-state index < -0.39 is 15.7 Å². The van der Waals surface area contributed by atoms with Gasteiger partial charge >= 0.3 is 5.97 Å². The molecule has 0 amide bonds. The van der Waals surface area contributed by atoms with Gasteiger partial charge in [0.1, 0.15) is 0 Å². The molecule has 0 aromatic rings. The molecule has 0 aromatic heterocycles. The summed E-state index contributed by atoms with van der Waals surface area (Å²) in [5, 5.41) is 0. The van der Waals surface area contributed by atoms with E-state index in [0.29, 0.717) is 13.0 Å². The molecule has 0 bridgehead atoms. The number of hydrogen-bond acceptors (Lipinski definition) is 4. The average molecular weight is 292 g/mol. The lowest BCUT2D eigenvalue weighted by molar-refractivity contribution is -0.141. The first-order chi connectivity index (χ1) is 8.65.